The predicted octanol–water partition coefficient (Wildman–Crippen LogP) is 5.30. The van der Waals surface area contributed by atoms with Crippen LogP contribution in [0.3, 0.4) is 0 Å². The number of aromatic nitrogens is 1. The Morgan fingerprint density at radius 1 is 0.970 bits per heavy atom. The lowest BCUT2D eigenvalue weighted by molar-refractivity contribution is -0.137. The van der Waals surface area contributed by atoms with E-state index < -0.39 is 11.7 Å². The van der Waals surface area contributed by atoms with E-state index in [0.29, 0.717) is 48.3 Å². The summed E-state index contributed by atoms with van der Waals surface area (Å²) < 4.78 is 44.2. The van der Waals surface area contributed by atoms with Crippen molar-refractivity contribution >= 4 is 23.3 Å². The van der Waals surface area contributed by atoms with Crippen molar-refractivity contribution in [2.45, 2.75) is 12.8 Å². The minimum atomic E-state index is -4.42. The third kappa shape index (κ3) is 5.39. The van der Waals surface area contributed by atoms with Crippen molar-refractivity contribution in [1.29, 1.82) is 0 Å². The highest BCUT2D eigenvalue weighted by Crippen LogP contribution is 2.30. The van der Waals surface area contributed by atoms with E-state index >= 15 is 0 Å². The summed E-state index contributed by atoms with van der Waals surface area (Å²) in [6.45, 7) is 2.00. The number of pyridine rings is 1. The minimum Gasteiger partial charge on any atom is -0.488 e. The van der Waals surface area contributed by atoms with Crippen molar-refractivity contribution in [2.75, 3.05) is 31.1 Å². The van der Waals surface area contributed by atoms with Gasteiger partial charge in [0.25, 0.3) is 5.91 Å². The molecule has 0 radical (unpaired) electrons. The van der Waals surface area contributed by atoms with Crippen molar-refractivity contribution in [2.24, 2.45) is 0 Å². The molecule has 0 spiro atoms. The van der Waals surface area contributed by atoms with E-state index in [-0.39, 0.29) is 12.5 Å². The Balaban J connectivity index is 1.39. The zero-order chi connectivity index (χ0) is 23.4. The highest BCUT2D eigenvalue weighted by Gasteiger charge is 2.31. The number of hydrogen-bond donors (Lipinski definition) is 0. The standard InChI is InChI=1S/C24H21ClF3N3O2/c25-20-7-3-1-5-17(20)16-33-21-8-4-2-6-19(21)23(32)31-13-11-30(12-14-31)22-10-9-18(15-29-22)24(26,27)28/h1-10,15H,11-14,16H2. The van der Waals surface area contributed by atoms with E-state index in [4.69, 9.17) is 16.3 Å². The normalized spacial score (nSPS) is 14.3. The zero-order valence-electron chi connectivity index (χ0n) is 17.6. The van der Waals surface area contributed by atoms with Crippen LogP contribution in [-0.2, 0) is 12.8 Å². The van der Waals surface area contributed by atoms with Gasteiger partial charge in [-0.3, -0.25) is 4.79 Å². The van der Waals surface area contributed by atoms with Crippen LogP contribution in [0.15, 0.2) is 66.9 Å². The summed E-state index contributed by atoms with van der Waals surface area (Å²) in [6.07, 6.45) is -3.59. The Morgan fingerprint density at radius 2 is 1.67 bits per heavy atom. The minimum absolute atomic E-state index is 0.162. The molecule has 0 saturated carbocycles. The second kappa shape index (κ2) is 9.70. The van der Waals surface area contributed by atoms with Crippen molar-refractivity contribution in [3.8, 4) is 5.75 Å². The third-order valence-corrected chi connectivity index (χ3v) is 5.79. The van der Waals surface area contributed by atoms with E-state index in [0.717, 1.165) is 17.8 Å². The lowest BCUT2D eigenvalue weighted by atomic mass is 10.1. The van der Waals surface area contributed by atoms with Crippen LogP contribution >= 0.6 is 11.6 Å². The Bertz CT molecular complexity index is 1110. The van der Waals surface area contributed by atoms with Crippen molar-refractivity contribution in [3.63, 3.8) is 0 Å². The van der Waals surface area contributed by atoms with Gasteiger partial charge in [0.15, 0.2) is 0 Å². The number of carbonyl (C=O) groups excluding carboxylic acids is 1. The van der Waals surface area contributed by atoms with E-state index in [1.54, 1.807) is 35.2 Å². The molecule has 0 aliphatic carbocycles. The lowest BCUT2D eigenvalue weighted by Gasteiger charge is -2.35. The van der Waals surface area contributed by atoms with E-state index in [1.807, 2.05) is 23.1 Å². The van der Waals surface area contributed by atoms with Gasteiger partial charge in [-0.25, -0.2) is 4.98 Å². The van der Waals surface area contributed by atoms with Crippen molar-refractivity contribution < 1.29 is 22.7 Å². The molecule has 3 aromatic rings. The molecule has 1 aliphatic heterocycles. The van der Waals surface area contributed by atoms with Gasteiger partial charge in [-0.15, -0.1) is 0 Å². The molecule has 0 atom stereocenters. The van der Waals surface area contributed by atoms with Gasteiger partial charge < -0.3 is 14.5 Å². The molecule has 5 nitrogen and oxygen atoms in total. The first kappa shape index (κ1) is 22.9. The molecule has 0 unspecified atom stereocenters. The first-order valence-electron chi connectivity index (χ1n) is 10.4. The fourth-order valence-corrected chi connectivity index (χ4v) is 3.78. The van der Waals surface area contributed by atoms with Crippen LogP contribution in [0.2, 0.25) is 5.02 Å². The number of para-hydroxylation sites is 1. The molecule has 0 N–H and O–H groups in total. The summed E-state index contributed by atoms with van der Waals surface area (Å²) in [5.41, 5.74) is 0.484. The average Bonchev–Trinajstić information content (AvgIpc) is 2.83. The lowest BCUT2D eigenvalue weighted by Crippen LogP contribution is -2.49. The number of amides is 1. The molecule has 1 aromatic heterocycles. The van der Waals surface area contributed by atoms with Gasteiger partial charge in [-0.05, 0) is 30.3 Å². The largest absolute Gasteiger partial charge is 0.488 e. The molecule has 172 valence electrons. The molecule has 9 heteroatoms. The predicted molar refractivity (Wildman–Crippen MR) is 120 cm³/mol. The molecule has 1 saturated heterocycles. The number of anilines is 1. The number of piperazine rings is 1. The van der Waals surface area contributed by atoms with Crippen LogP contribution < -0.4 is 9.64 Å². The second-order valence-electron chi connectivity index (χ2n) is 7.56. The number of alkyl halides is 3. The number of benzene rings is 2. The summed E-state index contributed by atoms with van der Waals surface area (Å²) in [5.74, 6) is 0.762. The molecule has 0 bridgehead atoms. The van der Waals surface area contributed by atoms with Gasteiger partial charge in [0.2, 0.25) is 0 Å². The Hall–Kier alpha value is -3.26. The topological polar surface area (TPSA) is 45.7 Å². The maximum Gasteiger partial charge on any atom is 0.417 e. The highest BCUT2D eigenvalue weighted by molar-refractivity contribution is 6.31. The molecular formula is C24H21ClF3N3O2. The van der Waals surface area contributed by atoms with Crippen LogP contribution in [0, 0.1) is 0 Å². The molecule has 2 aromatic carbocycles. The van der Waals surface area contributed by atoms with E-state index in [9.17, 15) is 18.0 Å². The SMILES string of the molecule is O=C(c1ccccc1OCc1ccccc1Cl)N1CCN(c2ccc(C(F)(F)F)cn2)CC1. The number of rotatable bonds is 5. The molecule has 4 rings (SSSR count). The van der Waals surface area contributed by atoms with Crippen LogP contribution in [0.5, 0.6) is 5.75 Å². The quantitative estimate of drug-likeness (QED) is 0.502. The van der Waals surface area contributed by atoms with Gasteiger partial charge in [0, 0.05) is 43.0 Å². The summed E-state index contributed by atoms with van der Waals surface area (Å²) in [4.78, 5) is 20.7. The zero-order valence-corrected chi connectivity index (χ0v) is 18.3. The molecule has 2 heterocycles. The Labute approximate surface area is 194 Å². The Kier molecular flexibility index (Phi) is 6.74. The summed E-state index contributed by atoms with van der Waals surface area (Å²) in [5, 5.41) is 0.592. The first-order valence-corrected chi connectivity index (χ1v) is 10.7. The summed E-state index contributed by atoms with van der Waals surface area (Å²) >= 11 is 6.19. The second-order valence-corrected chi connectivity index (χ2v) is 7.97. The molecule has 1 aliphatic rings. The van der Waals surface area contributed by atoms with Crippen LogP contribution in [0.1, 0.15) is 21.5 Å². The van der Waals surface area contributed by atoms with Gasteiger partial charge in [0.05, 0.1) is 11.1 Å². The van der Waals surface area contributed by atoms with Crippen LogP contribution in [0.25, 0.3) is 0 Å². The Morgan fingerprint density at radius 3 is 2.33 bits per heavy atom. The third-order valence-electron chi connectivity index (χ3n) is 5.42. The number of nitrogens with zero attached hydrogens (tertiary/aromatic N) is 3. The summed E-state index contributed by atoms with van der Waals surface area (Å²) in [6, 6.07) is 16.8. The summed E-state index contributed by atoms with van der Waals surface area (Å²) in [7, 11) is 0. The fraction of sp³-hybridized carbons (Fsp3) is 0.250. The molecular weight excluding hydrogens is 455 g/mol. The van der Waals surface area contributed by atoms with Gasteiger partial charge in [-0.2, -0.15) is 13.2 Å². The molecule has 1 fully saturated rings. The number of halogens is 4. The maximum atomic E-state index is 13.2. The van der Waals surface area contributed by atoms with Gasteiger partial charge >= 0.3 is 6.18 Å². The van der Waals surface area contributed by atoms with Crippen LogP contribution in [-0.4, -0.2) is 42.0 Å². The van der Waals surface area contributed by atoms with Crippen LogP contribution in [0.4, 0.5) is 19.0 Å². The molecule has 1 amide bonds. The average molecular weight is 476 g/mol. The van der Waals surface area contributed by atoms with E-state index in [1.165, 1.54) is 6.07 Å². The number of hydrogen-bond acceptors (Lipinski definition) is 4. The van der Waals surface area contributed by atoms with Gasteiger partial charge in [0.1, 0.15) is 18.2 Å². The monoisotopic (exact) mass is 475 g/mol. The van der Waals surface area contributed by atoms with E-state index in [2.05, 4.69) is 4.98 Å². The molecule has 33 heavy (non-hydrogen) atoms. The first-order chi connectivity index (χ1) is 15.8. The fourth-order valence-electron chi connectivity index (χ4n) is 3.59. The number of carbonyl (C=O) groups is 1. The van der Waals surface area contributed by atoms with Gasteiger partial charge in [-0.1, -0.05) is 41.9 Å². The highest BCUT2D eigenvalue weighted by atomic mass is 35.5. The smallest absolute Gasteiger partial charge is 0.417 e. The maximum absolute atomic E-state index is 13.2. The number of ether oxygens (including phenoxy) is 1. The van der Waals surface area contributed by atoms with Crippen molar-refractivity contribution in [1.82, 2.24) is 9.88 Å². The van der Waals surface area contributed by atoms with Crippen molar-refractivity contribution in [3.05, 3.63) is 88.6 Å².